The highest BCUT2D eigenvalue weighted by Gasteiger charge is 2.25. The van der Waals surface area contributed by atoms with Crippen LogP contribution in [0, 0.1) is 0 Å². The van der Waals surface area contributed by atoms with Crippen LogP contribution in [0.5, 0.6) is 11.6 Å². The first kappa shape index (κ1) is 21.6. The molecule has 0 saturated carbocycles. The van der Waals surface area contributed by atoms with Crippen LogP contribution in [-0.4, -0.2) is 50.3 Å². The molecule has 1 aliphatic heterocycles. The Morgan fingerprint density at radius 3 is 2.77 bits per heavy atom. The molecular formula is C21H26F2N4O3. The van der Waals surface area contributed by atoms with E-state index in [1.807, 2.05) is 37.3 Å². The number of rotatable bonds is 8. The summed E-state index contributed by atoms with van der Waals surface area (Å²) in [6.07, 6.45) is -0.131. The lowest BCUT2D eigenvalue weighted by Crippen LogP contribution is -2.34. The Kier molecular flexibility index (Phi) is 7.26. The Labute approximate surface area is 174 Å². The first-order valence-electron chi connectivity index (χ1n) is 9.81. The maximum Gasteiger partial charge on any atom is 0.315 e. The number of hydrogen-bond donors (Lipinski definition) is 2. The Bertz CT molecular complexity index is 835. The zero-order chi connectivity index (χ0) is 21.5. The van der Waals surface area contributed by atoms with Gasteiger partial charge in [-0.25, -0.2) is 18.6 Å². The fourth-order valence-corrected chi connectivity index (χ4v) is 3.26. The molecule has 2 aromatic rings. The van der Waals surface area contributed by atoms with Gasteiger partial charge in [-0.3, -0.25) is 0 Å². The number of nitrogens with zero attached hydrogens (tertiary/aromatic N) is 2. The molecule has 1 aliphatic rings. The van der Waals surface area contributed by atoms with Crippen LogP contribution in [-0.2, 0) is 0 Å². The number of pyridine rings is 1. The van der Waals surface area contributed by atoms with Crippen molar-refractivity contribution in [3.63, 3.8) is 0 Å². The van der Waals surface area contributed by atoms with Gasteiger partial charge in [-0.05, 0) is 30.7 Å². The Balaban J connectivity index is 1.53. The van der Waals surface area contributed by atoms with Gasteiger partial charge in [0.05, 0.1) is 12.6 Å². The monoisotopic (exact) mass is 420 g/mol. The molecule has 0 radical (unpaired) electrons. The van der Waals surface area contributed by atoms with Gasteiger partial charge in [-0.2, -0.15) is 0 Å². The quantitative estimate of drug-likeness (QED) is 0.685. The smallest absolute Gasteiger partial charge is 0.315 e. The van der Waals surface area contributed by atoms with Crippen molar-refractivity contribution >= 4 is 11.7 Å². The number of hydrogen-bond acceptors (Lipinski definition) is 5. The Hall–Kier alpha value is -3.10. The summed E-state index contributed by atoms with van der Waals surface area (Å²) in [6, 6.07) is 10.8. The van der Waals surface area contributed by atoms with Crippen molar-refractivity contribution in [3.8, 4) is 11.6 Å². The zero-order valence-electron chi connectivity index (χ0n) is 17.0. The molecular weight excluding hydrogens is 394 g/mol. The number of nitrogens with one attached hydrogen (secondary N) is 2. The number of carbonyl (C=O) groups excluding carboxylic acids is 1. The molecule has 30 heavy (non-hydrogen) atoms. The van der Waals surface area contributed by atoms with E-state index in [0.29, 0.717) is 6.54 Å². The summed E-state index contributed by atoms with van der Waals surface area (Å²) in [5, 5.41) is 5.36. The van der Waals surface area contributed by atoms with E-state index in [2.05, 4.69) is 20.5 Å². The molecule has 0 aliphatic carbocycles. The van der Waals surface area contributed by atoms with Crippen LogP contribution < -0.4 is 25.0 Å². The lowest BCUT2D eigenvalue weighted by Gasteiger charge is -2.20. The number of urea groups is 1. The second kappa shape index (κ2) is 10.1. The molecule has 2 N–H and O–H groups in total. The number of benzene rings is 1. The van der Waals surface area contributed by atoms with Gasteiger partial charge >= 0.3 is 6.03 Å². The maximum absolute atomic E-state index is 12.3. The number of anilines is 1. The minimum Gasteiger partial charge on any atom is -0.489 e. The number of amides is 2. The third kappa shape index (κ3) is 5.95. The Morgan fingerprint density at radius 1 is 1.30 bits per heavy atom. The number of alkyl halides is 2. The number of halogens is 2. The predicted molar refractivity (Wildman–Crippen MR) is 109 cm³/mol. The van der Waals surface area contributed by atoms with Gasteiger partial charge in [0.2, 0.25) is 5.88 Å². The van der Waals surface area contributed by atoms with Gasteiger partial charge in [0.1, 0.15) is 11.9 Å². The van der Waals surface area contributed by atoms with Gasteiger partial charge in [0, 0.05) is 38.0 Å². The summed E-state index contributed by atoms with van der Waals surface area (Å²) in [5.41, 5.74) is 1.84. The molecule has 0 spiro atoms. The van der Waals surface area contributed by atoms with E-state index < -0.39 is 13.0 Å². The summed E-state index contributed by atoms with van der Waals surface area (Å²) >= 11 is 0. The molecule has 1 saturated heterocycles. The Morgan fingerprint density at radius 2 is 2.07 bits per heavy atom. The molecule has 162 valence electrons. The van der Waals surface area contributed by atoms with Crippen molar-refractivity contribution in [1.82, 2.24) is 15.6 Å². The summed E-state index contributed by atoms with van der Waals surface area (Å²) in [5.74, 6) is 0.945. The first-order valence-corrected chi connectivity index (χ1v) is 9.81. The molecule has 3 rings (SSSR count). The van der Waals surface area contributed by atoms with E-state index in [0.717, 1.165) is 30.0 Å². The molecule has 1 aromatic heterocycles. The van der Waals surface area contributed by atoms with Crippen LogP contribution in [0.25, 0.3) is 0 Å². The molecule has 1 fully saturated rings. The molecule has 2 amide bonds. The fraction of sp³-hybridized carbons (Fsp3) is 0.429. The van der Waals surface area contributed by atoms with Crippen molar-refractivity contribution in [2.24, 2.45) is 0 Å². The van der Waals surface area contributed by atoms with Gasteiger partial charge < -0.3 is 25.0 Å². The predicted octanol–water partition coefficient (Wildman–Crippen LogP) is 3.37. The van der Waals surface area contributed by atoms with Crippen molar-refractivity contribution in [3.05, 3.63) is 48.2 Å². The van der Waals surface area contributed by atoms with Gasteiger partial charge in [0.15, 0.2) is 6.61 Å². The number of carbonyl (C=O) groups is 1. The summed E-state index contributed by atoms with van der Waals surface area (Å²) in [4.78, 5) is 17.5. The van der Waals surface area contributed by atoms with Crippen molar-refractivity contribution in [2.45, 2.75) is 31.9 Å². The molecule has 2 atom stereocenters. The van der Waals surface area contributed by atoms with E-state index in [1.54, 1.807) is 19.3 Å². The standard InChI is InChI=1S/C21H26F2N4O3/c1-14(26-21(28)24-2)15-3-5-17(6-4-15)30-18-8-10-27(12-18)16-7-9-25-20(11-16)29-13-19(22)23/h3-7,9,11,14,18-19H,8,10,12-13H2,1-2H3,(H2,24,26,28)/t14-,18?/m0/s1. The SMILES string of the molecule is CNC(=O)N[C@@H](C)c1ccc(OC2CCN(c3ccnc(OCC(F)F)c3)C2)cc1. The topological polar surface area (TPSA) is 75.7 Å². The van der Waals surface area contributed by atoms with Gasteiger partial charge in [0.25, 0.3) is 6.43 Å². The zero-order valence-corrected chi connectivity index (χ0v) is 17.0. The third-order valence-electron chi connectivity index (χ3n) is 4.84. The van der Waals surface area contributed by atoms with Crippen LogP contribution in [0.15, 0.2) is 42.6 Å². The van der Waals surface area contributed by atoms with Crippen molar-refractivity contribution in [2.75, 3.05) is 31.6 Å². The highest BCUT2D eigenvalue weighted by molar-refractivity contribution is 5.73. The third-order valence-corrected chi connectivity index (χ3v) is 4.84. The average Bonchev–Trinajstić information content (AvgIpc) is 3.21. The molecule has 1 aromatic carbocycles. The highest BCUT2D eigenvalue weighted by atomic mass is 19.3. The van der Waals surface area contributed by atoms with E-state index in [9.17, 15) is 13.6 Å². The minimum atomic E-state index is -2.53. The minimum absolute atomic E-state index is 0.0101. The average molecular weight is 420 g/mol. The summed E-state index contributed by atoms with van der Waals surface area (Å²) < 4.78 is 35.7. The van der Waals surface area contributed by atoms with E-state index >= 15 is 0 Å². The van der Waals surface area contributed by atoms with E-state index in [1.165, 1.54) is 0 Å². The maximum atomic E-state index is 12.3. The lowest BCUT2D eigenvalue weighted by molar-refractivity contribution is 0.0796. The van der Waals surface area contributed by atoms with Crippen LogP contribution in [0.1, 0.15) is 24.9 Å². The van der Waals surface area contributed by atoms with Gasteiger partial charge in [-0.15, -0.1) is 0 Å². The fourth-order valence-electron chi connectivity index (χ4n) is 3.26. The number of ether oxygens (including phenoxy) is 2. The van der Waals surface area contributed by atoms with Gasteiger partial charge in [-0.1, -0.05) is 12.1 Å². The van der Waals surface area contributed by atoms with Crippen LogP contribution in [0.2, 0.25) is 0 Å². The molecule has 2 heterocycles. The molecule has 1 unspecified atom stereocenters. The number of aromatic nitrogens is 1. The van der Waals surface area contributed by atoms with Crippen LogP contribution in [0.3, 0.4) is 0 Å². The van der Waals surface area contributed by atoms with Crippen molar-refractivity contribution < 1.29 is 23.0 Å². The van der Waals surface area contributed by atoms with Crippen LogP contribution >= 0.6 is 0 Å². The second-order valence-electron chi connectivity index (χ2n) is 7.04. The summed E-state index contributed by atoms with van der Waals surface area (Å²) in [6.45, 7) is 2.70. The highest BCUT2D eigenvalue weighted by Crippen LogP contribution is 2.26. The first-order chi connectivity index (χ1) is 14.4. The molecule has 9 heteroatoms. The normalized spacial score (nSPS) is 17.0. The van der Waals surface area contributed by atoms with E-state index in [-0.39, 0.29) is 24.1 Å². The largest absolute Gasteiger partial charge is 0.489 e. The summed E-state index contributed by atoms with van der Waals surface area (Å²) in [7, 11) is 1.58. The second-order valence-corrected chi connectivity index (χ2v) is 7.04. The molecule has 0 bridgehead atoms. The van der Waals surface area contributed by atoms with E-state index in [4.69, 9.17) is 9.47 Å². The van der Waals surface area contributed by atoms with Crippen molar-refractivity contribution in [1.29, 1.82) is 0 Å². The van der Waals surface area contributed by atoms with Crippen LogP contribution in [0.4, 0.5) is 19.3 Å². The molecule has 7 nitrogen and oxygen atoms in total. The lowest BCUT2D eigenvalue weighted by atomic mass is 10.1.